The highest BCUT2D eigenvalue weighted by molar-refractivity contribution is 7.89. The van der Waals surface area contributed by atoms with E-state index in [1.165, 1.54) is 28.6 Å². The molecule has 31 heavy (non-hydrogen) atoms. The van der Waals surface area contributed by atoms with Gasteiger partial charge in [-0.15, -0.1) is 0 Å². The Hall–Kier alpha value is -2.91. The lowest BCUT2D eigenvalue weighted by Gasteiger charge is -2.15. The lowest BCUT2D eigenvalue weighted by molar-refractivity contribution is -0.119. The number of benzene rings is 2. The van der Waals surface area contributed by atoms with Gasteiger partial charge in [-0.05, 0) is 67.8 Å². The highest BCUT2D eigenvalue weighted by Gasteiger charge is 2.26. The molecule has 1 heterocycles. The average Bonchev–Trinajstić information content (AvgIpc) is 3.33. The van der Waals surface area contributed by atoms with Crippen LogP contribution in [-0.2, 0) is 19.6 Å². The summed E-state index contributed by atoms with van der Waals surface area (Å²) in [6.07, 6.45) is 2.61. The smallest absolute Gasteiger partial charge is 0.338 e. The first-order valence-corrected chi connectivity index (χ1v) is 11.6. The normalized spacial score (nSPS) is 14.2. The molecule has 0 spiro atoms. The van der Waals surface area contributed by atoms with E-state index < -0.39 is 28.5 Å². The second-order valence-corrected chi connectivity index (χ2v) is 9.07. The largest absolute Gasteiger partial charge is 0.494 e. The Bertz CT molecular complexity index is 997. The van der Waals surface area contributed by atoms with Gasteiger partial charge in [0.15, 0.2) is 6.61 Å². The van der Waals surface area contributed by atoms with Crippen LogP contribution in [0.3, 0.4) is 0 Å². The van der Waals surface area contributed by atoms with Gasteiger partial charge in [-0.2, -0.15) is 4.31 Å². The van der Waals surface area contributed by atoms with E-state index in [-0.39, 0.29) is 4.90 Å². The molecule has 0 saturated carbocycles. The number of ether oxygens (including phenoxy) is 2. The minimum Gasteiger partial charge on any atom is -0.494 e. The zero-order valence-electron chi connectivity index (χ0n) is 17.4. The molecule has 1 N–H and O–H groups in total. The Kier molecular flexibility index (Phi) is 7.64. The number of carbonyl (C=O) groups is 2. The molecule has 1 amide bonds. The number of carbonyl (C=O) groups excluding carboxylic acids is 2. The van der Waals surface area contributed by atoms with Gasteiger partial charge >= 0.3 is 5.97 Å². The van der Waals surface area contributed by atoms with Crippen molar-refractivity contribution in [3.63, 3.8) is 0 Å². The molecular weight excluding hydrogens is 420 g/mol. The van der Waals surface area contributed by atoms with E-state index in [1.807, 2.05) is 6.92 Å². The summed E-state index contributed by atoms with van der Waals surface area (Å²) >= 11 is 0. The van der Waals surface area contributed by atoms with Crippen molar-refractivity contribution in [1.29, 1.82) is 0 Å². The van der Waals surface area contributed by atoms with Crippen LogP contribution < -0.4 is 10.1 Å². The number of nitrogens with one attached hydrogen (secondary N) is 1. The van der Waals surface area contributed by atoms with Crippen LogP contribution in [0.15, 0.2) is 53.4 Å². The molecule has 3 rings (SSSR count). The van der Waals surface area contributed by atoms with Gasteiger partial charge in [0.05, 0.1) is 17.1 Å². The van der Waals surface area contributed by atoms with Crippen molar-refractivity contribution in [3.8, 4) is 5.75 Å². The van der Waals surface area contributed by atoms with Crippen molar-refractivity contribution >= 4 is 27.6 Å². The van der Waals surface area contributed by atoms with E-state index in [0.717, 1.165) is 19.3 Å². The highest BCUT2D eigenvalue weighted by atomic mass is 32.2. The third-order valence-corrected chi connectivity index (χ3v) is 6.65. The number of amides is 1. The number of esters is 1. The van der Waals surface area contributed by atoms with Crippen molar-refractivity contribution in [1.82, 2.24) is 4.31 Å². The van der Waals surface area contributed by atoms with Crippen LogP contribution in [-0.4, -0.2) is 50.9 Å². The van der Waals surface area contributed by atoms with Crippen molar-refractivity contribution in [2.75, 3.05) is 31.6 Å². The third-order valence-electron chi connectivity index (χ3n) is 4.74. The van der Waals surface area contributed by atoms with E-state index in [0.29, 0.717) is 36.7 Å². The van der Waals surface area contributed by atoms with E-state index >= 15 is 0 Å². The fourth-order valence-corrected chi connectivity index (χ4v) is 4.62. The predicted molar refractivity (Wildman–Crippen MR) is 116 cm³/mol. The maximum absolute atomic E-state index is 12.5. The number of anilines is 1. The lowest BCUT2D eigenvalue weighted by Crippen LogP contribution is -2.27. The maximum Gasteiger partial charge on any atom is 0.338 e. The van der Waals surface area contributed by atoms with Crippen LogP contribution in [0.2, 0.25) is 0 Å². The van der Waals surface area contributed by atoms with Gasteiger partial charge in [0, 0.05) is 18.8 Å². The molecule has 166 valence electrons. The summed E-state index contributed by atoms with van der Waals surface area (Å²) in [7, 11) is -3.50. The summed E-state index contributed by atoms with van der Waals surface area (Å²) in [4.78, 5) is 24.4. The van der Waals surface area contributed by atoms with E-state index in [1.54, 1.807) is 24.3 Å². The zero-order chi connectivity index (χ0) is 22.3. The van der Waals surface area contributed by atoms with Gasteiger partial charge in [-0.3, -0.25) is 4.79 Å². The predicted octanol–water partition coefficient (Wildman–Crippen LogP) is 3.06. The summed E-state index contributed by atoms with van der Waals surface area (Å²) < 4.78 is 37.0. The number of hydrogen-bond donors (Lipinski definition) is 1. The van der Waals surface area contributed by atoms with Crippen molar-refractivity contribution in [3.05, 3.63) is 54.1 Å². The fourth-order valence-electron chi connectivity index (χ4n) is 3.11. The van der Waals surface area contributed by atoms with Gasteiger partial charge in [-0.1, -0.05) is 6.92 Å². The van der Waals surface area contributed by atoms with E-state index in [2.05, 4.69) is 5.32 Å². The van der Waals surface area contributed by atoms with Crippen LogP contribution in [0, 0.1) is 0 Å². The van der Waals surface area contributed by atoms with Gasteiger partial charge in [0.2, 0.25) is 10.0 Å². The standard InChI is InChI=1S/C22H26N2O6S/c1-2-15-29-19-9-5-17(6-10-19)22(26)30-16-21(25)23-18-7-11-20(12-8-18)31(27,28)24-13-3-4-14-24/h5-12H,2-4,13-16H2,1H3,(H,23,25). The molecule has 1 fully saturated rings. The first kappa shape index (κ1) is 22.8. The quantitative estimate of drug-likeness (QED) is 0.594. The summed E-state index contributed by atoms with van der Waals surface area (Å²) in [6.45, 7) is 3.19. The lowest BCUT2D eigenvalue weighted by atomic mass is 10.2. The number of hydrogen-bond acceptors (Lipinski definition) is 6. The Morgan fingerprint density at radius 1 is 1.00 bits per heavy atom. The van der Waals surface area contributed by atoms with Crippen molar-refractivity contribution < 1.29 is 27.5 Å². The van der Waals surface area contributed by atoms with E-state index in [9.17, 15) is 18.0 Å². The number of nitrogens with zero attached hydrogens (tertiary/aromatic N) is 1. The van der Waals surface area contributed by atoms with Crippen LogP contribution >= 0.6 is 0 Å². The van der Waals surface area contributed by atoms with Gasteiger partial charge in [0.25, 0.3) is 5.91 Å². The molecule has 2 aromatic rings. The summed E-state index contributed by atoms with van der Waals surface area (Å²) in [6, 6.07) is 12.4. The van der Waals surface area contributed by atoms with Crippen molar-refractivity contribution in [2.24, 2.45) is 0 Å². The van der Waals surface area contributed by atoms with Gasteiger partial charge < -0.3 is 14.8 Å². The molecule has 0 radical (unpaired) electrons. The minimum absolute atomic E-state index is 0.185. The Labute approximate surface area is 182 Å². The molecule has 9 heteroatoms. The average molecular weight is 447 g/mol. The molecule has 0 atom stereocenters. The highest BCUT2D eigenvalue weighted by Crippen LogP contribution is 2.22. The Morgan fingerprint density at radius 2 is 1.65 bits per heavy atom. The van der Waals surface area contributed by atoms with Crippen molar-refractivity contribution in [2.45, 2.75) is 31.1 Å². The molecule has 1 aliphatic heterocycles. The third kappa shape index (κ3) is 6.05. The monoisotopic (exact) mass is 446 g/mol. The summed E-state index contributed by atoms with van der Waals surface area (Å²) in [5, 5.41) is 2.58. The molecule has 2 aromatic carbocycles. The minimum atomic E-state index is -3.50. The topological polar surface area (TPSA) is 102 Å². The summed E-state index contributed by atoms with van der Waals surface area (Å²) in [5.74, 6) is -0.484. The Morgan fingerprint density at radius 3 is 2.26 bits per heavy atom. The maximum atomic E-state index is 12.5. The van der Waals surface area contributed by atoms with Crippen LogP contribution in [0.4, 0.5) is 5.69 Å². The second-order valence-electron chi connectivity index (χ2n) is 7.13. The van der Waals surface area contributed by atoms with Gasteiger partial charge in [0.1, 0.15) is 5.75 Å². The molecular formula is C22H26N2O6S. The van der Waals surface area contributed by atoms with Gasteiger partial charge in [-0.25, -0.2) is 13.2 Å². The molecule has 0 unspecified atom stereocenters. The van der Waals surface area contributed by atoms with Crippen LogP contribution in [0.5, 0.6) is 5.75 Å². The fraction of sp³-hybridized carbons (Fsp3) is 0.364. The first-order chi connectivity index (χ1) is 14.9. The number of sulfonamides is 1. The molecule has 0 bridgehead atoms. The molecule has 0 aromatic heterocycles. The molecule has 0 aliphatic carbocycles. The van der Waals surface area contributed by atoms with Crippen LogP contribution in [0.1, 0.15) is 36.5 Å². The Balaban J connectivity index is 1.49. The molecule has 8 nitrogen and oxygen atoms in total. The SMILES string of the molecule is CCCOc1ccc(C(=O)OCC(=O)Nc2ccc(S(=O)(=O)N3CCCC3)cc2)cc1. The summed E-state index contributed by atoms with van der Waals surface area (Å²) in [5.41, 5.74) is 0.729. The molecule has 1 saturated heterocycles. The molecule has 1 aliphatic rings. The van der Waals surface area contributed by atoms with Crippen LogP contribution in [0.25, 0.3) is 0 Å². The zero-order valence-corrected chi connectivity index (χ0v) is 18.2. The number of rotatable bonds is 9. The first-order valence-electron chi connectivity index (χ1n) is 10.2. The second kappa shape index (κ2) is 10.4. The van der Waals surface area contributed by atoms with E-state index in [4.69, 9.17) is 9.47 Å².